The van der Waals surface area contributed by atoms with Gasteiger partial charge in [-0.05, 0) is 37.6 Å². The lowest BCUT2D eigenvalue weighted by molar-refractivity contribution is 0.567. The van der Waals surface area contributed by atoms with Gasteiger partial charge < -0.3 is 4.42 Å². The van der Waals surface area contributed by atoms with E-state index in [9.17, 15) is 4.39 Å². The number of halogens is 1. The quantitative estimate of drug-likeness (QED) is 0.591. The van der Waals surface area contributed by atoms with E-state index in [1.54, 1.807) is 18.3 Å². The lowest BCUT2D eigenvalue weighted by Gasteiger charge is -2.00. The number of hydrazone groups is 1. The molecule has 0 bridgehead atoms. The summed E-state index contributed by atoms with van der Waals surface area (Å²) in [5.41, 5.74) is 4.86. The molecule has 3 rings (SSSR count). The van der Waals surface area contributed by atoms with Gasteiger partial charge in [0.15, 0.2) is 0 Å². The fraction of sp³-hybridized carbons (Fsp3) is 0.133. The van der Waals surface area contributed by atoms with Gasteiger partial charge in [0.05, 0.1) is 17.3 Å². The Kier molecular flexibility index (Phi) is 3.35. The van der Waals surface area contributed by atoms with Gasteiger partial charge in [0.1, 0.15) is 11.6 Å². The van der Waals surface area contributed by atoms with Crippen LogP contribution in [0.25, 0.3) is 11.1 Å². The summed E-state index contributed by atoms with van der Waals surface area (Å²) in [5.74, 6) is 0.861. The van der Waals surface area contributed by atoms with Gasteiger partial charge in [0.2, 0.25) is 11.7 Å². The molecule has 5 nitrogen and oxygen atoms in total. The van der Waals surface area contributed by atoms with E-state index >= 15 is 0 Å². The van der Waals surface area contributed by atoms with Crippen LogP contribution in [0.1, 0.15) is 17.0 Å². The molecule has 0 aliphatic rings. The molecular weight excluding hydrogens is 271 g/mol. The first-order valence-corrected chi connectivity index (χ1v) is 6.41. The van der Waals surface area contributed by atoms with E-state index in [2.05, 4.69) is 20.5 Å². The number of benzene rings is 1. The van der Waals surface area contributed by atoms with E-state index in [1.165, 1.54) is 12.1 Å². The predicted octanol–water partition coefficient (Wildman–Crippen LogP) is 3.42. The van der Waals surface area contributed by atoms with Crippen molar-refractivity contribution in [2.24, 2.45) is 5.10 Å². The fourth-order valence-electron chi connectivity index (χ4n) is 1.95. The molecule has 0 saturated heterocycles. The zero-order valence-electron chi connectivity index (χ0n) is 11.6. The van der Waals surface area contributed by atoms with Crippen molar-refractivity contribution >= 4 is 23.3 Å². The summed E-state index contributed by atoms with van der Waals surface area (Å²) in [5, 5.41) is 4.92. The molecule has 0 unspecified atom stereocenters. The maximum Gasteiger partial charge on any atom is 0.247 e. The summed E-state index contributed by atoms with van der Waals surface area (Å²) >= 11 is 0. The lowest BCUT2D eigenvalue weighted by atomic mass is 10.2. The number of hydrogen-bond donors (Lipinski definition) is 1. The molecule has 0 aliphatic heterocycles. The average molecular weight is 284 g/mol. The van der Waals surface area contributed by atoms with E-state index in [-0.39, 0.29) is 5.82 Å². The van der Waals surface area contributed by atoms with Crippen LogP contribution >= 0.6 is 0 Å². The second kappa shape index (κ2) is 5.32. The standard InChI is InChI=1S/C15H13FN4O/c1-9-7-13-10(2)18-15(19-14(13)21-9)20-17-8-11-3-5-12(16)6-4-11/h3-8H,1-2H3,(H,18,19,20)/b17-8-. The minimum Gasteiger partial charge on any atom is -0.443 e. The average Bonchev–Trinajstić information content (AvgIpc) is 2.82. The summed E-state index contributed by atoms with van der Waals surface area (Å²) in [7, 11) is 0. The first kappa shape index (κ1) is 13.2. The monoisotopic (exact) mass is 284 g/mol. The Balaban J connectivity index is 1.80. The molecular formula is C15H13FN4O. The van der Waals surface area contributed by atoms with E-state index in [4.69, 9.17) is 4.42 Å². The molecule has 0 atom stereocenters. The zero-order valence-corrected chi connectivity index (χ0v) is 11.6. The van der Waals surface area contributed by atoms with Crippen LogP contribution in [0.15, 0.2) is 39.9 Å². The molecule has 0 spiro atoms. The predicted molar refractivity (Wildman–Crippen MR) is 78.9 cm³/mol. The number of aromatic nitrogens is 2. The smallest absolute Gasteiger partial charge is 0.247 e. The van der Waals surface area contributed by atoms with E-state index in [0.29, 0.717) is 11.7 Å². The molecule has 1 aromatic carbocycles. The molecule has 106 valence electrons. The molecule has 0 radical (unpaired) electrons. The molecule has 2 aromatic heterocycles. The normalized spacial score (nSPS) is 11.4. The van der Waals surface area contributed by atoms with Crippen molar-refractivity contribution in [3.63, 3.8) is 0 Å². The van der Waals surface area contributed by atoms with Crippen molar-refractivity contribution in [2.75, 3.05) is 5.43 Å². The maximum atomic E-state index is 12.8. The van der Waals surface area contributed by atoms with Crippen molar-refractivity contribution in [1.82, 2.24) is 9.97 Å². The zero-order chi connectivity index (χ0) is 14.8. The molecule has 6 heteroatoms. The third-order valence-corrected chi connectivity index (χ3v) is 2.95. The first-order valence-electron chi connectivity index (χ1n) is 6.41. The molecule has 0 saturated carbocycles. The second-order valence-electron chi connectivity index (χ2n) is 4.63. The Labute approximate surface area is 120 Å². The minimum atomic E-state index is -0.280. The molecule has 0 aliphatic carbocycles. The number of aryl methyl sites for hydroxylation is 2. The highest BCUT2D eigenvalue weighted by molar-refractivity contribution is 5.80. The first-order chi connectivity index (χ1) is 10.1. The third kappa shape index (κ3) is 2.89. The maximum absolute atomic E-state index is 12.8. The minimum absolute atomic E-state index is 0.280. The topological polar surface area (TPSA) is 63.3 Å². The number of rotatable bonds is 3. The van der Waals surface area contributed by atoms with Crippen LogP contribution in [0, 0.1) is 19.7 Å². The van der Waals surface area contributed by atoms with Gasteiger partial charge >= 0.3 is 0 Å². The van der Waals surface area contributed by atoms with Crippen LogP contribution in [-0.2, 0) is 0 Å². The molecule has 3 aromatic rings. The largest absolute Gasteiger partial charge is 0.443 e. The SMILES string of the molecule is Cc1cc2c(C)nc(N/N=C\c3ccc(F)cc3)nc2o1. The summed E-state index contributed by atoms with van der Waals surface area (Å²) in [4.78, 5) is 8.54. The van der Waals surface area contributed by atoms with Gasteiger partial charge in [-0.2, -0.15) is 10.1 Å². The molecule has 1 N–H and O–H groups in total. The number of nitrogens with zero attached hydrogens (tertiary/aromatic N) is 3. The Morgan fingerprint density at radius 1 is 1.19 bits per heavy atom. The highest BCUT2D eigenvalue weighted by Gasteiger charge is 2.08. The van der Waals surface area contributed by atoms with Crippen LogP contribution in [0.3, 0.4) is 0 Å². The number of hydrogen-bond acceptors (Lipinski definition) is 5. The van der Waals surface area contributed by atoms with Crippen molar-refractivity contribution in [2.45, 2.75) is 13.8 Å². The van der Waals surface area contributed by atoms with Gasteiger partial charge in [0.25, 0.3) is 0 Å². The second-order valence-corrected chi connectivity index (χ2v) is 4.63. The van der Waals surface area contributed by atoms with Crippen LogP contribution < -0.4 is 5.43 Å². The Morgan fingerprint density at radius 3 is 2.71 bits per heavy atom. The van der Waals surface area contributed by atoms with E-state index in [1.807, 2.05) is 19.9 Å². The Morgan fingerprint density at radius 2 is 1.95 bits per heavy atom. The molecule has 2 heterocycles. The van der Waals surface area contributed by atoms with Crippen LogP contribution in [-0.4, -0.2) is 16.2 Å². The summed E-state index contributed by atoms with van der Waals surface area (Å²) in [6, 6.07) is 7.91. The Hall–Kier alpha value is -2.76. The van der Waals surface area contributed by atoms with Gasteiger partial charge in [0, 0.05) is 0 Å². The van der Waals surface area contributed by atoms with Crippen molar-refractivity contribution in [3.05, 3.63) is 53.2 Å². The lowest BCUT2D eigenvalue weighted by Crippen LogP contribution is -1.98. The van der Waals surface area contributed by atoms with E-state index < -0.39 is 0 Å². The third-order valence-electron chi connectivity index (χ3n) is 2.95. The van der Waals surface area contributed by atoms with Crippen molar-refractivity contribution in [3.8, 4) is 0 Å². The Bertz CT molecular complexity index is 808. The fourth-order valence-corrected chi connectivity index (χ4v) is 1.95. The molecule has 21 heavy (non-hydrogen) atoms. The summed E-state index contributed by atoms with van der Waals surface area (Å²) in [6.45, 7) is 3.74. The van der Waals surface area contributed by atoms with Crippen LogP contribution in [0.4, 0.5) is 10.3 Å². The number of furan rings is 1. The number of anilines is 1. The van der Waals surface area contributed by atoms with Crippen LogP contribution in [0.5, 0.6) is 0 Å². The highest BCUT2D eigenvalue weighted by atomic mass is 19.1. The number of fused-ring (bicyclic) bond motifs is 1. The molecule has 0 amide bonds. The highest BCUT2D eigenvalue weighted by Crippen LogP contribution is 2.20. The van der Waals surface area contributed by atoms with E-state index in [0.717, 1.165) is 22.4 Å². The summed E-state index contributed by atoms with van der Waals surface area (Å²) in [6.07, 6.45) is 1.57. The van der Waals surface area contributed by atoms with Gasteiger partial charge in [-0.1, -0.05) is 12.1 Å². The molecule has 0 fully saturated rings. The van der Waals surface area contributed by atoms with Crippen LogP contribution in [0.2, 0.25) is 0 Å². The van der Waals surface area contributed by atoms with Crippen molar-refractivity contribution in [1.29, 1.82) is 0 Å². The van der Waals surface area contributed by atoms with Gasteiger partial charge in [-0.25, -0.2) is 14.8 Å². The summed E-state index contributed by atoms with van der Waals surface area (Å²) < 4.78 is 18.3. The van der Waals surface area contributed by atoms with Crippen molar-refractivity contribution < 1.29 is 8.81 Å². The van der Waals surface area contributed by atoms with Gasteiger partial charge in [-0.3, -0.25) is 0 Å². The van der Waals surface area contributed by atoms with Gasteiger partial charge in [-0.15, -0.1) is 0 Å². The number of nitrogens with one attached hydrogen (secondary N) is 1.